The lowest BCUT2D eigenvalue weighted by Gasteiger charge is -2.09. The Labute approximate surface area is 146 Å². The molecular formula is C19H18N2O2S. The van der Waals surface area contributed by atoms with Crippen molar-refractivity contribution in [2.45, 2.75) is 4.90 Å². The maximum absolute atomic E-state index is 12.4. The number of allylic oxidation sites excluding steroid dienone is 1. The molecule has 4 nitrogen and oxygen atoms in total. The standard InChI is InChI=1S/C19H18N2O2S/c1-21(2)13-15(12-20)19(22)14-5-4-6-17(11-14)23-16-7-9-18(24-3)10-8-16/h4-11,13H,1-3H3. The number of Topliss-reactive ketones (excluding diaryl/α,β-unsaturated/α-hetero) is 1. The van der Waals surface area contributed by atoms with E-state index in [0.717, 1.165) is 4.90 Å². The molecular weight excluding hydrogens is 320 g/mol. The van der Waals surface area contributed by atoms with Crippen LogP contribution >= 0.6 is 11.8 Å². The molecule has 0 aliphatic heterocycles. The van der Waals surface area contributed by atoms with Crippen molar-refractivity contribution < 1.29 is 9.53 Å². The minimum absolute atomic E-state index is 0.0847. The molecule has 0 spiro atoms. The fourth-order valence-electron chi connectivity index (χ4n) is 2.03. The number of thioether (sulfide) groups is 1. The average Bonchev–Trinajstić information content (AvgIpc) is 2.60. The number of rotatable bonds is 6. The number of hydrogen-bond acceptors (Lipinski definition) is 5. The summed E-state index contributed by atoms with van der Waals surface area (Å²) in [5.74, 6) is 0.927. The highest BCUT2D eigenvalue weighted by atomic mass is 32.2. The van der Waals surface area contributed by atoms with Crippen LogP contribution in [0, 0.1) is 11.3 Å². The van der Waals surface area contributed by atoms with Crippen molar-refractivity contribution in [1.82, 2.24) is 4.90 Å². The molecule has 2 rings (SSSR count). The summed E-state index contributed by atoms with van der Waals surface area (Å²) >= 11 is 1.66. The van der Waals surface area contributed by atoms with Crippen molar-refractivity contribution in [3.63, 3.8) is 0 Å². The van der Waals surface area contributed by atoms with Crippen LogP contribution in [0.4, 0.5) is 0 Å². The number of nitrogens with zero attached hydrogens (tertiary/aromatic N) is 2. The first kappa shape index (κ1) is 17.6. The molecule has 0 saturated carbocycles. The number of benzene rings is 2. The highest BCUT2D eigenvalue weighted by Gasteiger charge is 2.13. The summed E-state index contributed by atoms with van der Waals surface area (Å²) in [6.45, 7) is 0. The molecule has 0 unspecified atom stereocenters. The highest BCUT2D eigenvalue weighted by Crippen LogP contribution is 2.25. The lowest BCUT2D eigenvalue weighted by atomic mass is 10.0. The number of carbonyl (C=O) groups excluding carboxylic acids is 1. The quantitative estimate of drug-likeness (QED) is 0.339. The molecule has 2 aromatic carbocycles. The van der Waals surface area contributed by atoms with Gasteiger partial charge in [-0.2, -0.15) is 5.26 Å². The first-order chi connectivity index (χ1) is 11.5. The third kappa shape index (κ3) is 4.64. The molecule has 0 N–H and O–H groups in total. The highest BCUT2D eigenvalue weighted by molar-refractivity contribution is 7.98. The minimum Gasteiger partial charge on any atom is -0.457 e. The van der Waals surface area contributed by atoms with E-state index in [1.165, 1.54) is 6.20 Å². The van der Waals surface area contributed by atoms with E-state index in [0.29, 0.717) is 17.1 Å². The summed E-state index contributed by atoms with van der Waals surface area (Å²) in [4.78, 5) is 15.2. The maximum atomic E-state index is 12.4. The van der Waals surface area contributed by atoms with E-state index in [1.807, 2.05) is 36.6 Å². The number of nitriles is 1. The van der Waals surface area contributed by atoms with Crippen LogP contribution in [0.3, 0.4) is 0 Å². The van der Waals surface area contributed by atoms with Crippen molar-refractivity contribution in [3.8, 4) is 17.6 Å². The molecule has 0 bridgehead atoms. The second-order valence-electron chi connectivity index (χ2n) is 5.25. The third-order valence-corrected chi connectivity index (χ3v) is 3.89. The molecule has 0 aliphatic carbocycles. The molecule has 0 heterocycles. The molecule has 122 valence electrons. The van der Waals surface area contributed by atoms with Crippen LogP contribution in [0.5, 0.6) is 11.5 Å². The van der Waals surface area contributed by atoms with Crippen LogP contribution in [0.25, 0.3) is 0 Å². The van der Waals surface area contributed by atoms with Gasteiger partial charge in [0.2, 0.25) is 5.78 Å². The molecule has 2 aromatic rings. The van der Waals surface area contributed by atoms with Gasteiger partial charge in [-0.25, -0.2) is 0 Å². The van der Waals surface area contributed by atoms with E-state index in [2.05, 4.69) is 0 Å². The second-order valence-corrected chi connectivity index (χ2v) is 6.13. The maximum Gasteiger partial charge on any atom is 0.205 e. The summed E-state index contributed by atoms with van der Waals surface area (Å²) in [6.07, 6.45) is 3.52. The second kappa shape index (κ2) is 8.23. The fourth-order valence-corrected chi connectivity index (χ4v) is 2.44. The van der Waals surface area contributed by atoms with Crippen molar-refractivity contribution in [3.05, 3.63) is 65.9 Å². The van der Waals surface area contributed by atoms with Crippen molar-refractivity contribution in [2.24, 2.45) is 0 Å². The SMILES string of the molecule is CSc1ccc(Oc2cccc(C(=O)C(C#N)=CN(C)C)c2)cc1. The van der Waals surface area contributed by atoms with Crippen molar-refractivity contribution in [1.29, 1.82) is 5.26 Å². The molecule has 0 fully saturated rings. The lowest BCUT2D eigenvalue weighted by molar-refractivity contribution is 0.103. The predicted octanol–water partition coefficient (Wildman–Crippen LogP) is 4.35. The lowest BCUT2D eigenvalue weighted by Crippen LogP contribution is -2.08. The number of hydrogen-bond donors (Lipinski definition) is 0. The van der Waals surface area contributed by atoms with Crippen LogP contribution in [-0.4, -0.2) is 31.0 Å². The van der Waals surface area contributed by atoms with E-state index in [1.54, 1.807) is 55.0 Å². The molecule has 24 heavy (non-hydrogen) atoms. The van der Waals surface area contributed by atoms with Gasteiger partial charge in [-0.15, -0.1) is 11.8 Å². The van der Waals surface area contributed by atoms with E-state index < -0.39 is 0 Å². The largest absolute Gasteiger partial charge is 0.457 e. The Balaban J connectivity index is 2.22. The average molecular weight is 338 g/mol. The zero-order valence-electron chi connectivity index (χ0n) is 13.8. The van der Waals surface area contributed by atoms with Crippen LogP contribution in [0.1, 0.15) is 10.4 Å². The zero-order valence-corrected chi connectivity index (χ0v) is 14.6. The van der Waals surface area contributed by atoms with E-state index in [9.17, 15) is 4.79 Å². The molecule has 0 aromatic heterocycles. The van der Waals surface area contributed by atoms with Crippen molar-refractivity contribution in [2.75, 3.05) is 20.4 Å². The van der Waals surface area contributed by atoms with Gasteiger partial charge >= 0.3 is 0 Å². The minimum atomic E-state index is -0.325. The molecule has 0 radical (unpaired) electrons. The Morgan fingerprint density at radius 2 is 1.88 bits per heavy atom. The number of carbonyl (C=O) groups is 1. The summed E-state index contributed by atoms with van der Waals surface area (Å²) in [6, 6.07) is 16.5. The normalized spacial score (nSPS) is 10.8. The summed E-state index contributed by atoms with van der Waals surface area (Å²) in [5.41, 5.74) is 0.504. The summed E-state index contributed by atoms with van der Waals surface area (Å²) in [5, 5.41) is 9.16. The van der Waals surface area contributed by atoms with Gasteiger partial charge in [-0.3, -0.25) is 4.79 Å². The number of ether oxygens (including phenoxy) is 1. The van der Waals surface area contributed by atoms with Gasteiger partial charge in [0.25, 0.3) is 0 Å². The smallest absolute Gasteiger partial charge is 0.205 e. The molecule has 0 atom stereocenters. The first-order valence-electron chi connectivity index (χ1n) is 7.28. The van der Waals surface area contributed by atoms with Gasteiger partial charge in [0, 0.05) is 30.8 Å². The third-order valence-electron chi connectivity index (χ3n) is 3.14. The Morgan fingerprint density at radius 1 is 1.17 bits per heavy atom. The molecule has 0 saturated heterocycles. The van der Waals surface area contributed by atoms with Crippen LogP contribution in [0.2, 0.25) is 0 Å². The van der Waals surface area contributed by atoms with Gasteiger partial charge < -0.3 is 9.64 Å². The van der Waals surface area contributed by atoms with Crippen molar-refractivity contribution >= 4 is 17.5 Å². The van der Waals surface area contributed by atoms with Gasteiger partial charge in [0.05, 0.1) is 0 Å². The Bertz CT molecular complexity index is 790. The molecule has 0 amide bonds. The van der Waals surface area contributed by atoms with Gasteiger partial charge in [0.1, 0.15) is 23.1 Å². The Kier molecular flexibility index (Phi) is 6.05. The van der Waals surface area contributed by atoms with Crippen LogP contribution < -0.4 is 4.74 Å². The van der Waals surface area contributed by atoms with E-state index in [-0.39, 0.29) is 11.4 Å². The topological polar surface area (TPSA) is 53.3 Å². The van der Waals surface area contributed by atoms with E-state index >= 15 is 0 Å². The Morgan fingerprint density at radius 3 is 2.46 bits per heavy atom. The number of ketones is 1. The monoisotopic (exact) mass is 338 g/mol. The predicted molar refractivity (Wildman–Crippen MR) is 96.5 cm³/mol. The molecule has 0 aliphatic rings. The Hall–Kier alpha value is -2.71. The van der Waals surface area contributed by atoms with Crippen LogP contribution in [-0.2, 0) is 0 Å². The zero-order chi connectivity index (χ0) is 17.5. The summed E-state index contributed by atoms with van der Waals surface area (Å²) < 4.78 is 5.79. The van der Waals surface area contributed by atoms with Gasteiger partial charge in [-0.1, -0.05) is 12.1 Å². The fraction of sp³-hybridized carbons (Fsp3) is 0.158. The summed E-state index contributed by atoms with van der Waals surface area (Å²) in [7, 11) is 3.53. The van der Waals surface area contributed by atoms with Gasteiger partial charge in [0.15, 0.2) is 0 Å². The molecule has 5 heteroatoms. The van der Waals surface area contributed by atoms with Crippen LogP contribution in [0.15, 0.2) is 65.2 Å². The first-order valence-corrected chi connectivity index (χ1v) is 8.51. The van der Waals surface area contributed by atoms with E-state index in [4.69, 9.17) is 10.00 Å². The van der Waals surface area contributed by atoms with Gasteiger partial charge in [-0.05, 0) is 42.7 Å².